The molecule has 0 unspecified atom stereocenters. The number of carbonyl (C=O) groups excluding carboxylic acids is 2. The lowest BCUT2D eigenvalue weighted by Gasteiger charge is -2.09. The Morgan fingerprint density at radius 1 is 0.857 bits per heavy atom. The fourth-order valence-electron chi connectivity index (χ4n) is 1.92. The third-order valence-corrected chi connectivity index (χ3v) is 2.94. The van der Waals surface area contributed by atoms with E-state index in [2.05, 4.69) is 4.74 Å². The summed E-state index contributed by atoms with van der Waals surface area (Å²) >= 11 is 0. The van der Waals surface area contributed by atoms with Crippen molar-refractivity contribution >= 4 is 23.1 Å². The summed E-state index contributed by atoms with van der Waals surface area (Å²) in [6, 6.07) is 17.1. The van der Waals surface area contributed by atoms with Crippen molar-refractivity contribution in [3.63, 3.8) is 0 Å². The molecule has 0 radical (unpaired) electrons. The molecule has 1 N–H and O–H groups in total. The molecule has 0 bridgehead atoms. The predicted octanol–water partition coefficient (Wildman–Crippen LogP) is 2.86. The molecule has 0 atom stereocenters. The highest BCUT2D eigenvalue weighted by atomic mass is 16.5. The maximum Gasteiger partial charge on any atom is 0.379 e. The van der Waals surface area contributed by atoms with Crippen LogP contribution in [0.2, 0.25) is 0 Å². The van der Waals surface area contributed by atoms with Crippen LogP contribution in [-0.4, -0.2) is 24.0 Å². The van der Waals surface area contributed by atoms with Crippen molar-refractivity contribution < 1.29 is 19.4 Å². The van der Waals surface area contributed by atoms with E-state index in [9.17, 15) is 14.7 Å². The van der Waals surface area contributed by atoms with Crippen molar-refractivity contribution in [1.82, 2.24) is 0 Å². The molecule has 4 nitrogen and oxygen atoms in total. The highest BCUT2D eigenvalue weighted by Crippen LogP contribution is 2.25. The summed E-state index contributed by atoms with van der Waals surface area (Å²) in [7, 11) is 1.13. The maximum absolute atomic E-state index is 12.2. The van der Waals surface area contributed by atoms with Gasteiger partial charge in [-0.2, -0.15) is 0 Å². The largest absolute Gasteiger partial charge is 0.507 e. The number of methoxy groups -OCH3 is 1. The molecule has 0 aromatic heterocycles. The molecule has 4 heteroatoms. The minimum atomic E-state index is -1.02. The van der Waals surface area contributed by atoms with Gasteiger partial charge in [-0.05, 0) is 5.56 Å². The lowest BCUT2D eigenvalue weighted by Crippen LogP contribution is -2.18. The zero-order valence-electron chi connectivity index (χ0n) is 11.4. The Labute approximate surface area is 122 Å². The monoisotopic (exact) mass is 282 g/mol. The molecule has 0 saturated carbocycles. The first kappa shape index (κ1) is 14.5. The van der Waals surface area contributed by atoms with Gasteiger partial charge >= 0.3 is 5.97 Å². The van der Waals surface area contributed by atoms with Gasteiger partial charge in [0.05, 0.1) is 12.7 Å². The fourth-order valence-corrected chi connectivity index (χ4v) is 1.92. The number of benzene rings is 2. The smallest absolute Gasteiger partial charge is 0.379 e. The first-order chi connectivity index (χ1) is 10.1. The molecule has 2 rings (SSSR count). The number of carbonyl (C=O) groups is 2. The summed E-state index contributed by atoms with van der Waals surface area (Å²) in [6.45, 7) is 0. The molecule has 0 aliphatic rings. The number of aliphatic hydroxyl groups is 1. The Balaban J connectivity index is 2.61. The van der Waals surface area contributed by atoms with E-state index < -0.39 is 11.8 Å². The van der Waals surface area contributed by atoms with Gasteiger partial charge in [-0.3, -0.25) is 4.79 Å². The average molecular weight is 282 g/mol. The molecule has 0 saturated heterocycles. The second kappa shape index (κ2) is 6.52. The number of ketones is 1. The summed E-state index contributed by atoms with van der Waals surface area (Å²) < 4.78 is 4.47. The van der Waals surface area contributed by atoms with Crippen LogP contribution in [0.1, 0.15) is 11.1 Å². The Morgan fingerprint density at radius 2 is 1.33 bits per heavy atom. The molecule has 0 aliphatic carbocycles. The summed E-state index contributed by atoms with van der Waals surface area (Å²) in [4.78, 5) is 23.7. The summed E-state index contributed by atoms with van der Waals surface area (Å²) in [6.07, 6.45) is 0. The molecule has 0 aliphatic heterocycles. The van der Waals surface area contributed by atoms with E-state index in [0.29, 0.717) is 11.1 Å². The zero-order valence-corrected chi connectivity index (χ0v) is 11.4. The molecular weight excluding hydrogens is 268 g/mol. The second-order valence-electron chi connectivity index (χ2n) is 4.28. The van der Waals surface area contributed by atoms with Crippen LogP contribution in [0.5, 0.6) is 0 Å². The van der Waals surface area contributed by atoms with Crippen molar-refractivity contribution in [2.45, 2.75) is 0 Å². The molecule has 0 amide bonds. The number of ether oxygens (including phenoxy) is 1. The van der Waals surface area contributed by atoms with Crippen LogP contribution in [0.25, 0.3) is 11.3 Å². The lowest BCUT2D eigenvalue weighted by molar-refractivity contribution is -0.149. The highest BCUT2D eigenvalue weighted by molar-refractivity contribution is 6.53. The van der Waals surface area contributed by atoms with Crippen LogP contribution in [0.4, 0.5) is 0 Å². The zero-order chi connectivity index (χ0) is 15.2. The minimum absolute atomic E-state index is 0.0753. The number of rotatable bonds is 4. The lowest BCUT2D eigenvalue weighted by atomic mass is 9.97. The molecule has 0 heterocycles. The first-order valence-corrected chi connectivity index (χ1v) is 6.32. The first-order valence-electron chi connectivity index (χ1n) is 6.32. The molecule has 2 aromatic carbocycles. The van der Waals surface area contributed by atoms with Gasteiger partial charge in [0.25, 0.3) is 5.78 Å². The quantitative estimate of drug-likeness (QED) is 0.308. The summed E-state index contributed by atoms with van der Waals surface area (Å²) in [5.74, 6) is -2.15. The van der Waals surface area contributed by atoms with Gasteiger partial charge in [-0.1, -0.05) is 60.7 Å². The van der Waals surface area contributed by atoms with Crippen molar-refractivity contribution in [1.29, 1.82) is 0 Å². The Kier molecular flexibility index (Phi) is 4.51. The van der Waals surface area contributed by atoms with Gasteiger partial charge in [0, 0.05) is 5.56 Å². The van der Waals surface area contributed by atoms with Crippen LogP contribution in [0.15, 0.2) is 60.7 Å². The number of Topliss-reactive ketones (excluding diaryl/α,β-unsaturated/α-hetero) is 1. The Morgan fingerprint density at radius 3 is 1.81 bits per heavy atom. The number of aliphatic hydroxyl groups excluding tert-OH is 1. The molecule has 0 fully saturated rings. The predicted molar refractivity (Wildman–Crippen MR) is 79.3 cm³/mol. The minimum Gasteiger partial charge on any atom is -0.507 e. The summed E-state index contributed by atoms with van der Waals surface area (Å²) in [5, 5.41) is 10.4. The van der Waals surface area contributed by atoms with Gasteiger partial charge in [-0.15, -0.1) is 0 Å². The van der Waals surface area contributed by atoms with Crippen LogP contribution in [-0.2, 0) is 14.3 Å². The third-order valence-electron chi connectivity index (χ3n) is 2.94. The second-order valence-corrected chi connectivity index (χ2v) is 4.28. The van der Waals surface area contributed by atoms with Gasteiger partial charge in [0.1, 0.15) is 5.76 Å². The highest BCUT2D eigenvalue weighted by Gasteiger charge is 2.25. The number of hydrogen-bond donors (Lipinski definition) is 1. The molecule has 0 spiro atoms. The molecule has 21 heavy (non-hydrogen) atoms. The Bertz CT molecular complexity index is 672. The van der Waals surface area contributed by atoms with Crippen molar-refractivity contribution in [3.8, 4) is 0 Å². The van der Waals surface area contributed by atoms with Gasteiger partial charge in [0.2, 0.25) is 0 Å². The standard InChI is InChI=1S/C17H14O4/c1-21-17(20)16(19)14(12-8-4-2-5-9-12)15(18)13-10-6-3-7-11-13/h2-11,18H,1H3. The van der Waals surface area contributed by atoms with Gasteiger partial charge in [-0.25, -0.2) is 4.79 Å². The van der Waals surface area contributed by atoms with Crippen molar-refractivity contribution in [2.24, 2.45) is 0 Å². The average Bonchev–Trinajstić information content (AvgIpc) is 2.56. The van der Waals surface area contributed by atoms with Crippen LogP contribution in [0.3, 0.4) is 0 Å². The molecule has 2 aromatic rings. The van der Waals surface area contributed by atoms with E-state index >= 15 is 0 Å². The SMILES string of the molecule is COC(=O)C(=O)C(=C(O)c1ccccc1)c1ccccc1. The van der Waals surface area contributed by atoms with Gasteiger partial charge in [0.15, 0.2) is 0 Å². The van der Waals surface area contributed by atoms with E-state index in [4.69, 9.17) is 0 Å². The molecular formula is C17H14O4. The fraction of sp³-hybridized carbons (Fsp3) is 0.0588. The summed E-state index contributed by atoms with van der Waals surface area (Å²) in [5.41, 5.74) is 0.830. The molecule has 106 valence electrons. The van der Waals surface area contributed by atoms with E-state index in [1.165, 1.54) is 0 Å². The number of hydrogen-bond acceptors (Lipinski definition) is 4. The van der Waals surface area contributed by atoms with Crippen LogP contribution >= 0.6 is 0 Å². The normalized spacial score (nSPS) is 11.5. The van der Waals surface area contributed by atoms with Crippen LogP contribution < -0.4 is 0 Å². The van der Waals surface area contributed by atoms with Crippen LogP contribution in [0, 0.1) is 0 Å². The van der Waals surface area contributed by atoms with Crippen molar-refractivity contribution in [2.75, 3.05) is 7.11 Å². The number of esters is 1. The maximum atomic E-state index is 12.2. The topological polar surface area (TPSA) is 63.6 Å². The van der Waals surface area contributed by atoms with Gasteiger partial charge < -0.3 is 9.84 Å². The van der Waals surface area contributed by atoms with E-state index in [0.717, 1.165) is 7.11 Å². The van der Waals surface area contributed by atoms with E-state index in [1.807, 2.05) is 0 Å². The van der Waals surface area contributed by atoms with Crippen molar-refractivity contribution in [3.05, 3.63) is 71.8 Å². The third kappa shape index (κ3) is 3.17. The van der Waals surface area contributed by atoms with E-state index in [1.54, 1.807) is 60.7 Å². The Hall–Kier alpha value is -2.88. The van der Waals surface area contributed by atoms with E-state index in [-0.39, 0.29) is 11.3 Å².